The van der Waals surface area contributed by atoms with Crippen LogP contribution in [0.3, 0.4) is 0 Å². The molecule has 7 fully saturated rings. The summed E-state index contributed by atoms with van der Waals surface area (Å²) in [5.41, 5.74) is -2.88. The second-order valence-electron chi connectivity index (χ2n) is 12.0. The van der Waals surface area contributed by atoms with Crippen LogP contribution in [-0.2, 0) is 28.4 Å². The minimum Gasteiger partial charge on any atom is -0.461 e. The second kappa shape index (κ2) is 9.53. The van der Waals surface area contributed by atoms with Crippen molar-refractivity contribution in [2.75, 3.05) is 13.2 Å². The molecular weight excluding hydrogens is 552 g/mol. The molecule has 3 saturated carbocycles. The first-order valence-corrected chi connectivity index (χ1v) is 13.9. The first kappa shape index (κ1) is 27.9. The quantitative estimate of drug-likeness (QED) is 0.318. The fourth-order valence-electron chi connectivity index (χ4n) is 7.68. The van der Waals surface area contributed by atoms with Gasteiger partial charge >= 0.3 is 11.9 Å². The van der Waals surface area contributed by atoms with E-state index in [0.29, 0.717) is 11.1 Å². The van der Waals surface area contributed by atoms with Gasteiger partial charge in [-0.3, -0.25) is 0 Å². The average Bonchev–Trinajstić information content (AvgIpc) is 3.18. The van der Waals surface area contributed by atoms with Crippen LogP contribution in [0.5, 0.6) is 0 Å². The van der Waals surface area contributed by atoms with Crippen molar-refractivity contribution < 1.29 is 58.4 Å². The number of hydrogen-bond donors (Lipinski definition) is 4. The molecule has 2 aromatic carbocycles. The SMILES string of the molecule is C[C@@]12C[C@@]3(O)O[C@@H](O1)C1(COC(=O)c4ccccc4)[C@H]3CC12O[C@@H]1O[C@H](COC(=O)c2ccccc2)[C@@H](O)[C@H](O)[C@H]1O. The normalized spacial score (nSPS) is 44.5. The average molecular weight is 585 g/mol. The number of aliphatic hydroxyl groups excluding tert-OH is 3. The summed E-state index contributed by atoms with van der Waals surface area (Å²) in [7, 11) is 0. The van der Waals surface area contributed by atoms with Crippen LogP contribution < -0.4 is 0 Å². The topological polar surface area (TPSA) is 170 Å². The Balaban J connectivity index is 1.13. The van der Waals surface area contributed by atoms with Crippen molar-refractivity contribution in [3.63, 3.8) is 0 Å². The fraction of sp³-hybridized carbons (Fsp3) is 0.533. The van der Waals surface area contributed by atoms with E-state index in [0.717, 1.165) is 0 Å². The van der Waals surface area contributed by atoms with Crippen LogP contribution in [0.25, 0.3) is 0 Å². The van der Waals surface area contributed by atoms with Gasteiger partial charge in [-0.1, -0.05) is 36.4 Å². The summed E-state index contributed by atoms with van der Waals surface area (Å²) in [6.07, 6.45) is -8.34. The van der Waals surface area contributed by atoms with Gasteiger partial charge in [-0.15, -0.1) is 0 Å². The molecule has 2 aromatic rings. The maximum Gasteiger partial charge on any atom is 0.338 e. The molecule has 0 amide bonds. The number of carbonyl (C=O) groups is 2. The molecule has 9 rings (SSSR count). The first-order chi connectivity index (χ1) is 20.0. The number of rotatable bonds is 8. The van der Waals surface area contributed by atoms with Crippen molar-refractivity contribution in [3.05, 3.63) is 71.8 Å². The lowest BCUT2D eigenvalue weighted by molar-refractivity contribution is -0.424. The Morgan fingerprint density at radius 1 is 0.881 bits per heavy atom. The van der Waals surface area contributed by atoms with Crippen LogP contribution >= 0.6 is 0 Å². The molecule has 4 saturated heterocycles. The predicted octanol–water partition coefficient (Wildman–Crippen LogP) is 0.507. The Morgan fingerprint density at radius 2 is 1.50 bits per heavy atom. The molecule has 4 N–H and O–H groups in total. The van der Waals surface area contributed by atoms with Crippen LogP contribution in [0, 0.1) is 11.3 Å². The van der Waals surface area contributed by atoms with E-state index >= 15 is 0 Å². The van der Waals surface area contributed by atoms with Crippen molar-refractivity contribution in [3.8, 4) is 0 Å². The highest BCUT2D eigenvalue weighted by atomic mass is 16.8. The van der Waals surface area contributed by atoms with Gasteiger partial charge in [-0.2, -0.15) is 0 Å². The van der Waals surface area contributed by atoms with E-state index in [9.17, 15) is 30.0 Å². The monoisotopic (exact) mass is 584 g/mol. The van der Waals surface area contributed by atoms with Crippen LogP contribution in [0.15, 0.2) is 60.7 Å². The van der Waals surface area contributed by atoms with Crippen LogP contribution in [0.4, 0.5) is 0 Å². The zero-order chi connectivity index (χ0) is 29.5. The summed E-state index contributed by atoms with van der Waals surface area (Å²) < 4.78 is 35.7. The lowest BCUT2D eigenvalue weighted by Crippen LogP contribution is -2.80. The summed E-state index contributed by atoms with van der Waals surface area (Å²) in [6, 6.07) is 16.7. The van der Waals surface area contributed by atoms with Gasteiger partial charge in [0, 0.05) is 12.3 Å². The number of ether oxygens (including phenoxy) is 6. The summed E-state index contributed by atoms with van der Waals surface area (Å²) in [5.74, 6) is -3.25. The van der Waals surface area contributed by atoms with E-state index in [1.54, 1.807) is 67.6 Å². The molecule has 12 nitrogen and oxygen atoms in total. The van der Waals surface area contributed by atoms with Gasteiger partial charge in [0.25, 0.3) is 0 Å². The van der Waals surface area contributed by atoms with Crippen molar-refractivity contribution in [1.29, 1.82) is 0 Å². The summed E-state index contributed by atoms with van der Waals surface area (Å²) in [4.78, 5) is 25.4. The summed E-state index contributed by atoms with van der Waals surface area (Å²) in [5, 5.41) is 43.6. The number of aliphatic hydroxyl groups is 4. The van der Waals surface area contributed by atoms with Gasteiger partial charge in [0.1, 0.15) is 48.8 Å². The molecule has 11 atom stereocenters. The Labute approximate surface area is 240 Å². The molecule has 42 heavy (non-hydrogen) atoms. The Morgan fingerprint density at radius 3 is 2.14 bits per heavy atom. The molecule has 4 heterocycles. The molecular formula is C30H32O12. The highest BCUT2D eigenvalue weighted by Crippen LogP contribution is 2.81. The highest BCUT2D eigenvalue weighted by molar-refractivity contribution is 5.89. The maximum atomic E-state index is 12.9. The first-order valence-electron chi connectivity index (χ1n) is 13.9. The van der Waals surface area contributed by atoms with Gasteiger partial charge in [-0.05, 0) is 37.6 Å². The van der Waals surface area contributed by atoms with E-state index in [2.05, 4.69) is 0 Å². The van der Waals surface area contributed by atoms with Crippen LogP contribution in [-0.4, -0.2) is 99.6 Å². The number of hydrogen-bond acceptors (Lipinski definition) is 12. The van der Waals surface area contributed by atoms with Crippen molar-refractivity contribution in [2.45, 2.75) is 73.8 Å². The Bertz CT molecular complexity index is 1370. The molecule has 7 aliphatic rings. The second-order valence-corrected chi connectivity index (χ2v) is 12.0. The maximum absolute atomic E-state index is 12.9. The van der Waals surface area contributed by atoms with Gasteiger partial charge < -0.3 is 48.8 Å². The van der Waals surface area contributed by atoms with Crippen LogP contribution in [0.2, 0.25) is 0 Å². The third-order valence-corrected chi connectivity index (χ3v) is 9.78. The third-order valence-electron chi connectivity index (χ3n) is 9.78. The van der Waals surface area contributed by atoms with E-state index < -0.39 is 83.9 Å². The van der Waals surface area contributed by atoms with Crippen molar-refractivity contribution in [2.24, 2.45) is 11.3 Å². The molecule has 0 aromatic heterocycles. The predicted molar refractivity (Wildman–Crippen MR) is 138 cm³/mol. The van der Waals surface area contributed by atoms with E-state index in [-0.39, 0.29) is 19.4 Å². The van der Waals surface area contributed by atoms with Gasteiger partial charge in [0.2, 0.25) is 0 Å². The third kappa shape index (κ3) is 3.70. The zero-order valence-electron chi connectivity index (χ0n) is 22.7. The number of esters is 2. The number of benzene rings is 2. The van der Waals surface area contributed by atoms with E-state index in [1.165, 1.54) is 0 Å². The van der Waals surface area contributed by atoms with Gasteiger partial charge in [0.15, 0.2) is 18.4 Å². The van der Waals surface area contributed by atoms with Crippen LogP contribution in [0.1, 0.15) is 40.5 Å². The molecule has 12 heteroatoms. The summed E-state index contributed by atoms with van der Waals surface area (Å²) >= 11 is 0. The minimum atomic E-state index is -1.69. The molecule has 2 unspecified atom stereocenters. The lowest BCUT2D eigenvalue weighted by atomic mass is 9.41. The molecule has 6 bridgehead atoms. The smallest absolute Gasteiger partial charge is 0.338 e. The summed E-state index contributed by atoms with van der Waals surface area (Å²) in [6.45, 7) is 1.12. The molecule has 0 spiro atoms. The minimum absolute atomic E-state index is 0.0572. The van der Waals surface area contributed by atoms with Gasteiger partial charge in [-0.25, -0.2) is 9.59 Å². The molecule has 3 aliphatic carbocycles. The lowest BCUT2D eigenvalue weighted by Gasteiger charge is -2.67. The van der Waals surface area contributed by atoms with E-state index in [1.807, 2.05) is 0 Å². The molecule has 0 radical (unpaired) electrons. The molecule has 4 aliphatic heterocycles. The highest BCUT2D eigenvalue weighted by Gasteiger charge is 2.94. The van der Waals surface area contributed by atoms with Crippen molar-refractivity contribution in [1.82, 2.24) is 0 Å². The fourth-order valence-corrected chi connectivity index (χ4v) is 7.68. The number of carbonyl (C=O) groups excluding carboxylic acids is 2. The molecule has 224 valence electrons. The Hall–Kier alpha value is -2.94. The van der Waals surface area contributed by atoms with Gasteiger partial charge in [0.05, 0.1) is 16.5 Å². The largest absolute Gasteiger partial charge is 0.461 e. The van der Waals surface area contributed by atoms with Crippen molar-refractivity contribution >= 4 is 11.9 Å². The zero-order valence-corrected chi connectivity index (χ0v) is 22.7. The standard InChI is InChI=1S/C30H32O12/c1-27-14-29(36)19-12-30(27,28(19,26(41-27)42-29)15-38-24(35)17-10-6-3-7-11-17)40-25-22(33)21(32)20(31)18(39-25)13-37-23(34)16-8-4-2-5-9-16/h2-11,18-22,25-26,31-33,36H,12-15H2,1H3/t18-,19-,20-,21+,22-,25+,26-,27+,28?,29-,30?/m1/s1. The Kier molecular flexibility index (Phi) is 6.32. The van der Waals surface area contributed by atoms with E-state index in [4.69, 9.17) is 28.4 Å².